The van der Waals surface area contributed by atoms with Crippen molar-refractivity contribution in [2.24, 2.45) is 0 Å². The highest BCUT2D eigenvalue weighted by atomic mass is 32.1. The second-order valence-corrected chi connectivity index (χ2v) is 8.02. The molecule has 2 N–H and O–H groups in total. The summed E-state index contributed by atoms with van der Waals surface area (Å²) in [6.07, 6.45) is 5.15. The predicted molar refractivity (Wildman–Crippen MR) is 117 cm³/mol. The third-order valence-corrected chi connectivity index (χ3v) is 6.24. The Hall–Kier alpha value is -3.18. The fourth-order valence-electron chi connectivity index (χ4n) is 4.44. The molecule has 7 nitrogen and oxygen atoms in total. The second kappa shape index (κ2) is 7.58. The highest BCUT2D eigenvalue weighted by molar-refractivity contribution is 7.80. The molecule has 8 heteroatoms. The van der Waals surface area contributed by atoms with Crippen LogP contribution in [0.5, 0.6) is 5.75 Å². The average molecular weight is 423 g/mol. The van der Waals surface area contributed by atoms with Gasteiger partial charge < -0.3 is 19.7 Å². The van der Waals surface area contributed by atoms with Crippen molar-refractivity contribution < 1.29 is 15.0 Å². The number of carboxylic acid groups (broad SMARTS) is 1. The minimum Gasteiger partial charge on any atom is -0.507 e. The fraction of sp³-hybridized carbons (Fsp3) is 0.318. The van der Waals surface area contributed by atoms with Crippen molar-refractivity contribution in [1.29, 1.82) is 0 Å². The Kier molecular flexibility index (Phi) is 5.08. The lowest BCUT2D eigenvalue weighted by Crippen LogP contribution is -2.45. The minimum absolute atomic E-state index is 0.0235. The fourth-order valence-corrected chi connectivity index (χ4v) is 4.79. The Bertz CT molecular complexity index is 1290. The topological polar surface area (TPSA) is 87.1 Å². The Morgan fingerprint density at radius 1 is 1.33 bits per heavy atom. The van der Waals surface area contributed by atoms with E-state index in [1.807, 2.05) is 6.07 Å². The first-order valence-corrected chi connectivity index (χ1v) is 10.2. The lowest BCUT2D eigenvalue weighted by molar-refractivity contribution is -0.137. The maximum Gasteiger partial charge on any atom is 0.323 e. The normalized spacial score (nSPS) is 15.6. The number of aryl methyl sites for hydroxylation is 1. The van der Waals surface area contributed by atoms with Crippen LogP contribution in [0.15, 0.2) is 15.9 Å². The van der Waals surface area contributed by atoms with Crippen LogP contribution in [-0.2, 0) is 24.2 Å². The summed E-state index contributed by atoms with van der Waals surface area (Å²) in [4.78, 5) is 29.9. The van der Waals surface area contributed by atoms with Crippen molar-refractivity contribution >= 4 is 42.6 Å². The van der Waals surface area contributed by atoms with Gasteiger partial charge in [0.25, 0.3) is 5.56 Å². The van der Waals surface area contributed by atoms with Crippen LogP contribution in [0, 0.1) is 6.57 Å². The summed E-state index contributed by atoms with van der Waals surface area (Å²) in [5.74, 6) is -1.09. The smallest absolute Gasteiger partial charge is 0.323 e. The molecule has 2 aromatic rings. The van der Waals surface area contributed by atoms with Gasteiger partial charge >= 0.3 is 5.97 Å². The quantitative estimate of drug-likeness (QED) is 0.514. The van der Waals surface area contributed by atoms with Gasteiger partial charge in [-0.25, -0.2) is 4.85 Å². The summed E-state index contributed by atoms with van der Waals surface area (Å²) in [6.45, 7) is 12.6. The third-order valence-electron chi connectivity index (χ3n) is 5.78. The lowest BCUT2D eigenvalue weighted by Gasteiger charge is -2.37. The molecule has 0 bridgehead atoms. The number of anilines is 1. The molecule has 2 aliphatic heterocycles. The second-order valence-electron chi connectivity index (χ2n) is 7.60. The van der Waals surface area contributed by atoms with Gasteiger partial charge in [-0.3, -0.25) is 9.59 Å². The van der Waals surface area contributed by atoms with Crippen LogP contribution in [0.3, 0.4) is 0 Å². The van der Waals surface area contributed by atoms with Gasteiger partial charge in [0, 0.05) is 35.1 Å². The van der Waals surface area contributed by atoms with Crippen molar-refractivity contribution in [3.8, 4) is 5.75 Å². The number of hydrogen-bond donors (Lipinski definition) is 3. The number of hydrogen-bond acceptors (Lipinski definition) is 5. The number of pyridine rings is 1. The monoisotopic (exact) mass is 423 g/mol. The van der Waals surface area contributed by atoms with E-state index in [0.29, 0.717) is 5.56 Å². The van der Waals surface area contributed by atoms with Crippen LogP contribution in [0.2, 0.25) is 0 Å². The zero-order valence-corrected chi connectivity index (χ0v) is 17.2. The molecule has 2 aliphatic rings. The van der Waals surface area contributed by atoms with Gasteiger partial charge in [-0.1, -0.05) is 0 Å². The molecule has 154 valence electrons. The highest BCUT2D eigenvalue weighted by Crippen LogP contribution is 2.42. The first-order valence-electron chi connectivity index (χ1n) is 9.71. The highest BCUT2D eigenvalue weighted by Gasteiger charge is 2.27. The molecule has 3 heterocycles. The number of aromatic nitrogens is 1. The molecule has 0 spiro atoms. The molecule has 0 atom stereocenters. The molecule has 4 rings (SSSR count). The van der Waals surface area contributed by atoms with Gasteiger partial charge in [-0.2, -0.15) is 0 Å². The van der Waals surface area contributed by atoms with Crippen LogP contribution in [-0.4, -0.2) is 33.8 Å². The molecule has 30 heavy (non-hydrogen) atoms. The third kappa shape index (κ3) is 3.15. The predicted octanol–water partition coefficient (Wildman–Crippen LogP) is 1.42. The molecular weight excluding hydrogens is 402 g/mol. The summed E-state index contributed by atoms with van der Waals surface area (Å²) < 4.78 is 0.945. The van der Waals surface area contributed by atoms with Crippen LogP contribution in [0.1, 0.15) is 29.5 Å². The van der Waals surface area contributed by atoms with Gasteiger partial charge in [0.15, 0.2) is 0 Å². The van der Waals surface area contributed by atoms with E-state index in [1.54, 1.807) is 0 Å². The number of benzene rings is 1. The molecule has 0 unspecified atom stereocenters. The van der Waals surface area contributed by atoms with Crippen molar-refractivity contribution in [3.63, 3.8) is 0 Å². The maximum absolute atomic E-state index is 13.0. The van der Waals surface area contributed by atoms with E-state index < -0.39 is 18.1 Å². The molecule has 0 aliphatic carbocycles. The number of aromatic hydroxyl groups is 1. The number of carbonyl (C=O) groups is 1. The zero-order chi connectivity index (χ0) is 21.6. The molecule has 1 aromatic heterocycles. The first kappa shape index (κ1) is 20.1. The van der Waals surface area contributed by atoms with E-state index in [1.165, 1.54) is 6.08 Å². The van der Waals surface area contributed by atoms with Crippen LogP contribution < -0.4 is 20.9 Å². The number of phenolic OH excluding ortho intramolecular Hbond substituents is 1. The number of aliphatic carboxylic acids is 1. The summed E-state index contributed by atoms with van der Waals surface area (Å²) in [7, 11) is 0. The van der Waals surface area contributed by atoms with Crippen LogP contribution in [0.4, 0.5) is 11.4 Å². The Morgan fingerprint density at radius 2 is 2.03 bits per heavy atom. The van der Waals surface area contributed by atoms with E-state index in [9.17, 15) is 14.7 Å². The molecule has 1 aromatic carbocycles. The number of thiol groups is 1. The van der Waals surface area contributed by atoms with Crippen molar-refractivity contribution in [2.75, 3.05) is 18.0 Å². The maximum atomic E-state index is 13.0. The molecule has 0 saturated heterocycles. The van der Waals surface area contributed by atoms with E-state index in [-0.39, 0.29) is 26.9 Å². The number of carboxylic acids is 1. The Labute approximate surface area is 178 Å². The number of phenols is 1. The molecule has 0 amide bonds. The number of rotatable bonds is 3. The first-order chi connectivity index (χ1) is 14.3. The summed E-state index contributed by atoms with van der Waals surface area (Å²) >= 11 is 4.19. The molecule has 0 radical (unpaired) electrons. The lowest BCUT2D eigenvalue weighted by atomic mass is 9.89. The molecule has 0 fully saturated rings. The van der Waals surface area contributed by atoms with E-state index in [4.69, 9.17) is 11.7 Å². The van der Waals surface area contributed by atoms with Gasteiger partial charge in [-0.05, 0) is 48.6 Å². The van der Waals surface area contributed by atoms with Crippen LogP contribution >= 0.6 is 12.6 Å². The van der Waals surface area contributed by atoms with Gasteiger partial charge in [0.05, 0.1) is 11.6 Å². The van der Waals surface area contributed by atoms with E-state index in [2.05, 4.69) is 29.0 Å². The van der Waals surface area contributed by atoms with Crippen molar-refractivity contribution in [2.45, 2.75) is 37.3 Å². The van der Waals surface area contributed by atoms with Crippen molar-refractivity contribution in [1.82, 2.24) is 4.57 Å². The molecular formula is C22H21N3O4S. The van der Waals surface area contributed by atoms with Gasteiger partial charge in [0.2, 0.25) is 5.69 Å². The van der Waals surface area contributed by atoms with Gasteiger partial charge in [0.1, 0.15) is 12.3 Å². The largest absolute Gasteiger partial charge is 0.507 e. The summed E-state index contributed by atoms with van der Waals surface area (Å²) in [6, 6.07) is 1.89. The van der Waals surface area contributed by atoms with Crippen LogP contribution in [0.25, 0.3) is 17.5 Å². The van der Waals surface area contributed by atoms with E-state index in [0.717, 1.165) is 60.2 Å². The SMILES string of the molecule is [C-]#[N+]c1c(S)n(CC(=O)O)c(=O)c(=Cc2cc3c4c(c2O)CCCN4CCC3)c1=C. The Morgan fingerprint density at radius 3 is 2.70 bits per heavy atom. The minimum atomic E-state index is -1.22. The summed E-state index contributed by atoms with van der Waals surface area (Å²) in [5, 5.41) is 20.4. The Balaban J connectivity index is 2.02. The number of nitrogens with zero attached hydrogens (tertiary/aromatic N) is 3. The van der Waals surface area contributed by atoms with E-state index >= 15 is 0 Å². The van der Waals surface area contributed by atoms with Gasteiger partial charge in [-0.15, -0.1) is 19.2 Å². The summed E-state index contributed by atoms with van der Waals surface area (Å²) in [5.41, 5.74) is 3.03. The average Bonchev–Trinajstić information content (AvgIpc) is 2.72. The zero-order valence-electron chi connectivity index (χ0n) is 16.3. The standard InChI is InChI=1S/C22H21N3O4S/c1-12-16(21(29)25(11-17(26)27)22(30)18(12)23-2)10-14-9-13-5-3-7-24-8-4-6-15(19(13)24)20(14)28/h9-10,28,30H,1,3-8,11H2,(H,26,27). The van der Waals surface area contributed by atoms with Crippen molar-refractivity contribution in [3.05, 3.63) is 55.0 Å². The molecule has 0 saturated carbocycles.